The minimum Gasteiger partial charge on any atom is -0.342 e. The SMILES string of the molecule is C[C@H]1C[C@@H](F)c2nc(C(=O)N(C)C)nn21. The van der Waals surface area contributed by atoms with Gasteiger partial charge in [0.15, 0.2) is 12.0 Å². The molecule has 1 aromatic heterocycles. The van der Waals surface area contributed by atoms with Gasteiger partial charge in [-0.1, -0.05) is 0 Å². The molecular formula is C9H13FN4O. The number of halogens is 1. The van der Waals surface area contributed by atoms with Crippen molar-refractivity contribution < 1.29 is 9.18 Å². The third kappa shape index (κ3) is 1.49. The standard InChI is InChI=1S/C9H13FN4O/c1-5-4-6(10)8-11-7(12-14(5)8)9(15)13(2)3/h5-6H,4H2,1-3H3/t5-,6+/m0/s1. The molecule has 2 heterocycles. The summed E-state index contributed by atoms with van der Waals surface area (Å²) < 4.78 is 14.9. The second kappa shape index (κ2) is 3.29. The summed E-state index contributed by atoms with van der Waals surface area (Å²) in [6.07, 6.45) is -0.706. The monoisotopic (exact) mass is 212 g/mol. The number of rotatable bonds is 1. The van der Waals surface area contributed by atoms with E-state index in [0.717, 1.165) is 0 Å². The zero-order chi connectivity index (χ0) is 11.2. The van der Waals surface area contributed by atoms with Crippen molar-refractivity contribution in [3.05, 3.63) is 11.6 Å². The summed E-state index contributed by atoms with van der Waals surface area (Å²) >= 11 is 0. The van der Waals surface area contributed by atoms with Crippen molar-refractivity contribution in [2.45, 2.75) is 25.6 Å². The van der Waals surface area contributed by atoms with Crippen LogP contribution in [0.1, 0.15) is 42.0 Å². The molecule has 0 saturated heterocycles. The van der Waals surface area contributed by atoms with Crippen LogP contribution in [0.5, 0.6) is 0 Å². The predicted molar refractivity (Wildman–Crippen MR) is 51.2 cm³/mol. The van der Waals surface area contributed by atoms with Crippen molar-refractivity contribution in [2.75, 3.05) is 14.1 Å². The Hall–Kier alpha value is -1.46. The molecule has 0 N–H and O–H groups in total. The average Bonchev–Trinajstić information content (AvgIpc) is 2.68. The van der Waals surface area contributed by atoms with Crippen molar-refractivity contribution in [3.8, 4) is 0 Å². The van der Waals surface area contributed by atoms with Gasteiger partial charge in [0.05, 0.1) is 6.04 Å². The van der Waals surface area contributed by atoms with Gasteiger partial charge in [0, 0.05) is 20.5 Å². The summed E-state index contributed by atoms with van der Waals surface area (Å²) in [5, 5.41) is 4.02. The molecule has 82 valence electrons. The predicted octanol–water partition coefficient (Wildman–Crippen LogP) is 0.955. The number of carbonyl (C=O) groups excluding carboxylic acids is 1. The Morgan fingerprint density at radius 1 is 1.60 bits per heavy atom. The molecule has 5 nitrogen and oxygen atoms in total. The highest BCUT2D eigenvalue weighted by molar-refractivity contribution is 5.90. The Morgan fingerprint density at radius 3 is 2.80 bits per heavy atom. The lowest BCUT2D eigenvalue weighted by atomic mass is 10.2. The van der Waals surface area contributed by atoms with E-state index in [2.05, 4.69) is 10.1 Å². The smallest absolute Gasteiger partial charge is 0.293 e. The van der Waals surface area contributed by atoms with Crippen LogP contribution in [0.2, 0.25) is 0 Å². The van der Waals surface area contributed by atoms with Gasteiger partial charge in [0.25, 0.3) is 5.91 Å². The number of fused-ring (bicyclic) bond motifs is 1. The molecule has 0 fully saturated rings. The lowest BCUT2D eigenvalue weighted by Crippen LogP contribution is -2.23. The minimum atomic E-state index is -1.10. The van der Waals surface area contributed by atoms with Gasteiger partial charge in [0.2, 0.25) is 5.82 Å². The fraction of sp³-hybridized carbons (Fsp3) is 0.667. The molecule has 0 saturated carbocycles. The first-order valence-electron chi connectivity index (χ1n) is 4.83. The summed E-state index contributed by atoms with van der Waals surface area (Å²) in [5.41, 5.74) is 0. The Kier molecular flexibility index (Phi) is 2.21. The molecule has 0 unspecified atom stereocenters. The molecule has 2 rings (SSSR count). The molecule has 1 aliphatic rings. The maximum Gasteiger partial charge on any atom is 0.293 e. The van der Waals surface area contributed by atoms with Crippen LogP contribution in [-0.2, 0) is 0 Å². The zero-order valence-electron chi connectivity index (χ0n) is 8.94. The highest BCUT2D eigenvalue weighted by Gasteiger charge is 2.33. The van der Waals surface area contributed by atoms with E-state index in [0.29, 0.717) is 6.42 Å². The van der Waals surface area contributed by atoms with Crippen LogP contribution in [0.15, 0.2) is 0 Å². The first-order chi connectivity index (χ1) is 7.00. The van der Waals surface area contributed by atoms with Gasteiger partial charge < -0.3 is 4.90 Å². The Labute approximate surface area is 86.9 Å². The van der Waals surface area contributed by atoms with Crippen LogP contribution in [0.3, 0.4) is 0 Å². The zero-order valence-corrected chi connectivity index (χ0v) is 8.94. The minimum absolute atomic E-state index is 0.0220. The molecular weight excluding hydrogens is 199 g/mol. The highest BCUT2D eigenvalue weighted by atomic mass is 19.1. The third-order valence-electron chi connectivity index (χ3n) is 2.50. The van der Waals surface area contributed by atoms with Gasteiger partial charge in [-0.05, 0) is 6.92 Å². The largest absolute Gasteiger partial charge is 0.342 e. The van der Waals surface area contributed by atoms with E-state index in [9.17, 15) is 9.18 Å². The van der Waals surface area contributed by atoms with E-state index < -0.39 is 6.17 Å². The van der Waals surface area contributed by atoms with Gasteiger partial charge in [-0.25, -0.2) is 14.1 Å². The molecule has 15 heavy (non-hydrogen) atoms. The van der Waals surface area contributed by atoms with E-state index in [4.69, 9.17) is 0 Å². The first kappa shape index (κ1) is 10.1. The van der Waals surface area contributed by atoms with E-state index in [-0.39, 0.29) is 23.6 Å². The number of aromatic nitrogens is 3. The summed E-state index contributed by atoms with van der Waals surface area (Å²) in [4.78, 5) is 16.8. The normalized spacial score (nSPS) is 24.0. The van der Waals surface area contributed by atoms with E-state index in [1.54, 1.807) is 14.1 Å². The second-order valence-corrected chi connectivity index (χ2v) is 3.99. The van der Waals surface area contributed by atoms with Crippen molar-refractivity contribution >= 4 is 5.91 Å². The number of hydrogen-bond donors (Lipinski definition) is 0. The molecule has 0 spiro atoms. The first-order valence-corrected chi connectivity index (χ1v) is 4.83. The van der Waals surface area contributed by atoms with Gasteiger partial charge in [0.1, 0.15) is 0 Å². The van der Waals surface area contributed by atoms with E-state index in [1.165, 1.54) is 9.58 Å². The van der Waals surface area contributed by atoms with Crippen LogP contribution >= 0.6 is 0 Å². The molecule has 1 aromatic rings. The van der Waals surface area contributed by atoms with Crippen molar-refractivity contribution in [1.82, 2.24) is 19.7 Å². The topological polar surface area (TPSA) is 51.0 Å². The van der Waals surface area contributed by atoms with Crippen LogP contribution in [0.25, 0.3) is 0 Å². The van der Waals surface area contributed by atoms with Gasteiger partial charge in [-0.15, -0.1) is 5.10 Å². The van der Waals surface area contributed by atoms with Crippen LogP contribution in [0.4, 0.5) is 4.39 Å². The Bertz CT molecular complexity index is 375. The lowest BCUT2D eigenvalue weighted by molar-refractivity contribution is 0.0815. The summed E-state index contributed by atoms with van der Waals surface area (Å²) in [6.45, 7) is 1.86. The lowest BCUT2D eigenvalue weighted by Gasteiger charge is -2.06. The Balaban J connectivity index is 2.36. The maximum atomic E-state index is 13.4. The molecule has 0 radical (unpaired) electrons. The van der Waals surface area contributed by atoms with Gasteiger partial charge in [-0.3, -0.25) is 4.79 Å². The van der Waals surface area contributed by atoms with Crippen molar-refractivity contribution in [2.24, 2.45) is 0 Å². The fourth-order valence-electron chi connectivity index (χ4n) is 1.67. The van der Waals surface area contributed by atoms with Crippen molar-refractivity contribution in [1.29, 1.82) is 0 Å². The number of amides is 1. The highest BCUT2D eigenvalue weighted by Crippen LogP contribution is 2.34. The molecule has 0 aromatic carbocycles. The summed E-state index contributed by atoms with van der Waals surface area (Å²) in [7, 11) is 3.23. The quantitative estimate of drug-likeness (QED) is 0.696. The third-order valence-corrected chi connectivity index (χ3v) is 2.50. The van der Waals surface area contributed by atoms with Crippen LogP contribution in [-0.4, -0.2) is 39.7 Å². The van der Waals surface area contributed by atoms with Gasteiger partial charge in [-0.2, -0.15) is 0 Å². The number of nitrogens with zero attached hydrogens (tertiary/aromatic N) is 4. The maximum absolute atomic E-state index is 13.4. The molecule has 1 amide bonds. The molecule has 0 aliphatic carbocycles. The van der Waals surface area contributed by atoms with Crippen molar-refractivity contribution in [3.63, 3.8) is 0 Å². The summed E-state index contributed by atoms with van der Waals surface area (Å²) in [5.74, 6) is 0.0493. The van der Waals surface area contributed by atoms with E-state index >= 15 is 0 Å². The number of carbonyl (C=O) groups is 1. The second-order valence-electron chi connectivity index (χ2n) is 3.99. The Morgan fingerprint density at radius 2 is 2.27 bits per heavy atom. The average molecular weight is 212 g/mol. The molecule has 6 heteroatoms. The fourth-order valence-corrected chi connectivity index (χ4v) is 1.67. The summed E-state index contributed by atoms with van der Waals surface area (Å²) in [6, 6.07) is -0.0220. The number of alkyl halides is 1. The molecule has 2 atom stereocenters. The van der Waals surface area contributed by atoms with Crippen LogP contribution < -0.4 is 0 Å². The number of hydrogen-bond acceptors (Lipinski definition) is 3. The molecule has 0 bridgehead atoms. The van der Waals surface area contributed by atoms with Crippen LogP contribution in [0, 0.1) is 0 Å². The molecule has 1 aliphatic heterocycles. The van der Waals surface area contributed by atoms with E-state index in [1.807, 2.05) is 6.92 Å². The van der Waals surface area contributed by atoms with Gasteiger partial charge >= 0.3 is 0 Å².